The molecule has 0 amide bonds. The largest absolute Gasteiger partial charge is 0.497 e. The predicted octanol–water partition coefficient (Wildman–Crippen LogP) is 2.37. The smallest absolute Gasteiger partial charge is 0.120 e. The van der Waals surface area contributed by atoms with Crippen molar-refractivity contribution < 1.29 is 4.74 Å². The van der Waals surface area contributed by atoms with Gasteiger partial charge in [0.05, 0.1) is 17.8 Å². The minimum atomic E-state index is 0.686. The molecule has 1 aromatic rings. The molecule has 0 aliphatic rings. The number of hydrogen-bond donors (Lipinski definition) is 2. The Morgan fingerprint density at radius 3 is 2.73 bits per heavy atom. The van der Waals surface area contributed by atoms with Gasteiger partial charge in [-0.3, -0.25) is 0 Å². The van der Waals surface area contributed by atoms with Crippen molar-refractivity contribution in [1.82, 2.24) is 5.32 Å². The second-order valence-electron chi connectivity index (χ2n) is 3.13. The van der Waals surface area contributed by atoms with Crippen LogP contribution in [-0.2, 0) is 0 Å². The van der Waals surface area contributed by atoms with Gasteiger partial charge in [-0.2, -0.15) is 0 Å². The van der Waals surface area contributed by atoms with Crippen molar-refractivity contribution in [3.05, 3.63) is 23.2 Å². The Balaban J connectivity index is 2.47. The maximum atomic E-state index is 6.06. The number of methoxy groups -OCH3 is 1. The topological polar surface area (TPSA) is 33.3 Å². The van der Waals surface area contributed by atoms with Gasteiger partial charge in [-0.05, 0) is 18.7 Å². The number of rotatable bonds is 6. The van der Waals surface area contributed by atoms with E-state index in [1.165, 1.54) is 0 Å². The molecule has 0 aliphatic heterocycles. The number of benzene rings is 1. The van der Waals surface area contributed by atoms with Crippen LogP contribution in [0.4, 0.5) is 5.69 Å². The molecule has 0 aliphatic carbocycles. The molecule has 1 rings (SSSR count). The first-order valence-corrected chi connectivity index (χ1v) is 5.44. The summed E-state index contributed by atoms with van der Waals surface area (Å²) in [6.07, 6.45) is 0. The lowest BCUT2D eigenvalue weighted by molar-refractivity contribution is 0.415. The van der Waals surface area contributed by atoms with Crippen molar-refractivity contribution in [2.24, 2.45) is 0 Å². The summed E-state index contributed by atoms with van der Waals surface area (Å²) < 4.78 is 5.07. The van der Waals surface area contributed by atoms with E-state index in [1.807, 2.05) is 12.1 Å². The van der Waals surface area contributed by atoms with E-state index in [4.69, 9.17) is 16.3 Å². The van der Waals surface area contributed by atoms with Gasteiger partial charge in [-0.25, -0.2) is 0 Å². The van der Waals surface area contributed by atoms with Crippen molar-refractivity contribution in [2.45, 2.75) is 6.92 Å². The van der Waals surface area contributed by atoms with Gasteiger partial charge in [-0.1, -0.05) is 18.5 Å². The lowest BCUT2D eigenvalue weighted by Crippen LogP contribution is -2.21. The molecular formula is C11H17ClN2O. The van der Waals surface area contributed by atoms with Crippen LogP contribution in [-0.4, -0.2) is 26.7 Å². The molecule has 15 heavy (non-hydrogen) atoms. The molecule has 0 saturated heterocycles. The number of halogens is 1. The molecule has 4 heteroatoms. The molecule has 0 bridgehead atoms. The van der Waals surface area contributed by atoms with Crippen LogP contribution in [0.15, 0.2) is 18.2 Å². The van der Waals surface area contributed by atoms with Crippen LogP contribution in [0.3, 0.4) is 0 Å². The second-order valence-corrected chi connectivity index (χ2v) is 3.53. The second kappa shape index (κ2) is 6.53. The molecule has 1 aromatic carbocycles. The van der Waals surface area contributed by atoms with Crippen molar-refractivity contribution in [3.63, 3.8) is 0 Å². The zero-order valence-corrected chi connectivity index (χ0v) is 9.90. The third-order valence-electron chi connectivity index (χ3n) is 2.04. The van der Waals surface area contributed by atoms with Crippen LogP contribution < -0.4 is 15.4 Å². The fourth-order valence-corrected chi connectivity index (χ4v) is 1.47. The average Bonchev–Trinajstić information content (AvgIpc) is 2.26. The Morgan fingerprint density at radius 1 is 1.33 bits per heavy atom. The first-order chi connectivity index (χ1) is 7.27. The number of anilines is 1. The number of hydrogen-bond acceptors (Lipinski definition) is 3. The summed E-state index contributed by atoms with van der Waals surface area (Å²) in [6, 6.07) is 5.62. The minimum Gasteiger partial charge on any atom is -0.497 e. The molecule has 0 radical (unpaired) electrons. The van der Waals surface area contributed by atoms with E-state index in [0.29, 0.717) is 5.02 Å². The summed E-state index contributed by atoms with van der Waals surface area (Å²) in [5.74, 6) is 0.775. The lowest BCUT2D eigenvalue weighted by atomic mass is 10.3. The molecule has 0 atom stereocenters. The SMILES string of the molecule is CCNCCNc1ccc(OC)cc1Cl. The average molecular weight is 229 g/mol. The van der Waals surface area contributed by atoms with Gasteiger partial charge in [0.1, 0.15) is 5.75 Å². The fraction of sp³-hybridized carbons (Fsp3) is 0.455. The summed E-state index contributed by atoms with van der Waals surface area (Å²) in [6.45, 7) is 4.86. The van der Waals surface area contributed by atoms with E-state index in [9.17, 15) is 0 Å². The van der Waals surface area contributed by atoms with E-state index < -0.39 is 0 Å². The van der Waals surface area contributed by atoms with Crippen LogP contribution in [0.1, 0.15) is 6.92 Å². The van der Waals surface area contributed by atoms with Crippen LogP contribution in [0, 0.1) is 0 Å². The quantitative estimate of drug-likeness (QED) is 0.734. The first-order valence-electron chi connectivity index (χ1n) is 5.06. The van der Waals surface area contributed by atoms with Gasteiger partial charge >= 0.3 is 0 Å². The highest BCUT2D eigenvalue weighted by Gasteiger charge is 2.00. The number of nitrogens with one attached hydrogen (secondary N) is 2. The number of likely N-dealkylation sites (N-methyl/N-ethyl adjacent to an activating group) is 1. The van der Waals surface area contributed by atoms with E-state index in [1.54, 1.807) is 13.2 Å². The number of ether oxygens (including phenoxy) is 1. The van der Waals surface area contributed by atoms with Crippen molar-refractivity contribution in [2.75, 3.05) is 32.1 Å². The molecule has 0 unspecified atom stereocenters. The summed E-state index contributed by atoms with van der Waals surface area (Å²) in [4.78, 5) is 0. The molecule has 2 N–H and O–H groups in total. The van der Waals surface area contributed by atoms with E-state index in [-0.39, 0.29) is 0 Å². The standard InChI is InChI=1S/C11H17ClN2O/c1-3-13-6-7-14-11-5-4-9(15-2)8-10(11)12/h4-5,8,13-14H,3,6-7H2,1-2H3. The predicted molar refractivity (Wildman–Crippen MR) is 65.0 cm³/mol. The molecule has 0 heterocycles. The Kier molecular flexibility index (Phi) is 5.29. The summed E-state index contributed by atoms with van der Waals surface area (Å²) >= 11 is 6.06. The van der Waals surface area contributed by atoms with Gasteiger partial charge in [0.25, 0.3) is 0 Å². The molecule has 84 valence electrons. The molecule has 0 saturated carbocycles. The fourth-order valence-electron chi connectivity index (χ4n) is 1.23. The van der Waals surface area contributed by atoms with Gasteiger partial charge in [0, 0.05) is 19.2 Å². The zero-order chi connectivity index (χ0) is 11.1. The molecular weight excluding hydrogens is 212 g/mol. The highest BCUT2D eigenvalue weighted by Crippen LogP contribution is 2.26. The highest BCUT2D eigenvalue weighted by atomic mass is 35.5. The van der Waals surface area contributed by atoms with Gasteiger partial charge in [0.15, 0.2) is 0 Å². The normalized spacial score (nSPS) is 10.1. The van der Waals surface area contributed by atoms with Crippen molar-refractivity contribution in [3.8, 4) is 5.75 Å². The molecule has 0 spiro atoms. The Morgan fingerprint density at radius 2 is 2.13 bits per heavy atom. The van der Waals surface area contributed by atoms with Crippen LogP contribution in [0.2, 0.25) is 5.02 Å². The Bertz CT molecular complexity index is 305. The lowest BCUT2D eigenvalue weighted by Gasteiger charge is -2.09. The third kappa shape index (κ3) is 3.98. The van der Waals surface area contributed by atoms with Crippen LogP contribution >= 0.6 is 11.6 Å². The van der Waals surface area contributed by atoms with Crippen LogP contribution in [0.25, 0.3) is 0 Å². The highest BCUT2D eigenvalue weighted by molar-refractivity contribution is 6.33. The monoisotopic (exact) mass is 228 g/mol. The van der Waals surface area contributed by atoms with Crippen molar-refractivity contribution in [1.29, 1.82) is 0 Å². The van der Waals surface area contributed by atoms with Gasteiger partial charge < -0.3 is 15.4 Å². The van der Waals surface area contributed by atoms with Crippen molar-refractivity contribution >= 4 is 17.3 Å². The summed E-state index contributed by atoms with van der Waals surface area (Å²) in [5.41, 5.74) is 0.940. The first kappa shape index (κ1) is 12.1. The summed E-state index contributed by atoms with van der Waals surface area (Å²) in [7, 11) is 1.63. The zero-order valence-electron chi connectivity index (χ0n) is 9.14. The maximum absolute atomic E-state index is 6.06. The molecule has 0 aromatic heterocycles. The third-order valence-corrected chi connectivity index (χ3v) is 2.36. The molecule has 3 nitrogen and oxygen atoms in total. The van der Waals surface area contributed by atoms with Gasteiger partial charge in [-0.15, -0.1) is 0 Å². The Hall–Kier alpha value is -0.930. The summed E-state index contributed by atoms with van der Waals surface area (Å²) in [5, 5.41) is 7.17. The van der Waals surface area contributed by atoms with E-state index in [2.05, 4.69) is 17.6 Å². The Labute approximate surface area is 95.8 Å². The minimum absolute atomic E-state index is 0.686. The molecule has 0 fully saturated rings. The van der Waals surface area contributed by atoms with E-state index >= 15 is 0 Å². The maximum Gasteiger partial charge on any atom is 0.120 e. The van der Waals surface area contributed by atoms with Crippen LogP contribution in [0.5, 0.6) is 5.75 Å². The van der Waals surface area contributed by atoms with Gasteiger partial charge in [0.2, 0.25) is 0 Å². The van der Waals surface area contributed by atoms with E-state index in [0.717, 1.165) is 31.1 Å².